The van der Waals surface area contributed by atoms with Crippen molar-refractivity contribution < 1.29 is 4.74 Å². The van der Waals surface area contributed by atoms with Crippen LogP contribution in [-0.4, -0.2) is 12.7 Å². The van der Waals surface area contributed by atoms with Crippen molar-refractivity contribution in [3.8, 4) is 0 Å². The number of allylic oxidation sites excluding steroid dienone is 1. The van der Waals surface area contributed by atoms with Gasteiger partial charge in [0.1, 0.15) is 0 Å². The van der Waals surface area contributed by atoms with Crippen LogP contribution in [0.3, 0.4) is 0 Å². The zero-order chi connectivity index (χ0) is 5.11. The first kappa shape index (κ1) is 4.85. The van der Waals surface area contributed by atoms with E-state index in [1.54, 1.807) is 0 Å². The molecule has 0 aromatic carbocycles. The third-order valence-corrected chi connectivity index (χ3v) is 1.04. The minimum absolute atomic E-state index is 0.566. The number of epoxide rings is 1. The van der Waals surface area contributed by atoms with E-state index < -0.39 is 0 Å². The predicted octanol–water partition coefficient (Wildman–Crippen LogP) is 1.35. The van der Waals surface area contributed by atoms with Gasteiger partial charge in [-0.25, -0.2) is 0 Å². The summed E-state index contributed by atoms with van der Waals surface area (Å²) >= 11 is 0. The van der Waals surface area contributed by atoms with Gasteiger partial charge >= 0.3 is 0 Å². The van der Waals surface area contributed by atoms with Crippen LogP contribution < -0.4 is 0 Å². The van der Waals surface area contributed by atoms with Gasteiger partial charge in [-0.15, -0.1) is 0 Å². The van der Waals surface area contributed by atoms with Crippen molar-refractivity contribution in [1.29, 1.82) is 0 Å². The van der Waals surface area contributed by atoms with Crippen LogP contribution in [-0.2, 0) is 4.74 Å². The first-order valence-electron chi connectivity index (χ1n) is 2.66. The fourth-order valence-electron chi connectivity index (χ4n) is 0.492. The van der Waals surface area contributed by atoms with Gasteiger partial charge in [0, 0.05) is 0 Å². The van der Waals surface area contributed by atoms with E-state index in [0.29, 0.717) is 6.10 Å². The molecule has 0 aromatic rings. The van der Waals surface area contributed by atoms with E-state index in [4.69, 9.17) is 4.74 Å². The van der Waals surface area contributed by atoms with Crippen molar-refractivity contribution in [2.75, 3.05) is 6.61 Å². The fourth-order valence-corrected chi connectivity index (χ4v) is 0.492. The Balaban J connectivity index is 1.98. The number of hydrogen-bond acceptors (Lipinski definition) is 1. The van der Waals surface area contributed by atoms with E-state index in [-0.39, 0.29) is 0 Å². The summed E-state index contributed by atoms with van der Waals surface area (Å²) in [7, 11) is 0. The van der Waals surface area contributed by atoms with Gasteiger partial charge in [-0.1, -0.05) is 12.2 Å². The molecule has 1 atom stereocenters. The fraction of sp³-hybridized carbons (Fsp3) is 0.667. The summed E-state index contributed by atoms with van der Waals surface area (Å²) in [6, 6.07) is 0. The number of ether oxygens (including phenoxy) is 1. The molecule has 1 fully saturated rings. The van der Waals surface area contributed by atoms with E-state index in [1.165, 1.54) is 0 Å². The Labute approximate surface area is 44.0 Å². The molecule has 0 bridgehead atoms. The highest BCUT2D eigenvalue weighted by atomic mass is 16.6. The maximum Gasteiger partial charge on any atom is 0.0844 e. The van der Waals surface area contributed by atoms with Gasteiger partial charge in [-0.05, 0) is 13.3 Å². The average Bonchev–Trinajstić information content (AvgIpc) is 2.42. The van der Waals surface area contributed by atoms with Crippen LogP contribution >= 0.6 is 0 Å². The van der Waals surface area contributed by atoms with Crippen molar-refractivity contribution in [2.45, 2.75) is 19.4 Å². The average molecular weight is 98.1 g/mol. The summed E-state index contributed by atoms with van der Waals surface area (Å²) in [5.74, 6) is 0. The molecule has 0 aromatic heterocycles. The highest BCUT2D eigenvalue weighted by Gasteiger charge is 2.19. The molecule has 0 radical (unpaired) electrons. The van der Waals surface area contributed by atoms with Gasteiger partial charge in [-0.3, -0.25) is 0 Å². The van der Waals surface area contributed by atoms with Crippen LogP contribution in [0.5, 0.6) is 0 Å². The van der Waals surface area contributed by atoms with Crippen LogP contribution in [0, 0.1) is 0 Å². The maximum absolute atomic E-state index is 4.96. The minimum Gasteiger partial charge on any atom is -0.373 e. The molecule has 1 aliphatic rings. The first-order chi connectivity index (χ1) is 3.43. The van der Waals surface area contributed by atoms with Crippen molar-refractivity contribution in [1.82, 2.24) is 0 Å². The van der Waals surface area contributed by atoms with Crippen LogP contribution in [0.4, 0.5) is 0 Å². The normalized spacial score (nSPS) is 29.0. The molecule has 1 rings (SSSR count). The predicted molar refractivity (Wildman–Crippen MR) is 29.2 cm³/mol. The molecule has 0 aliphatic carbocycles. The van der Waals surface area contributed by atoms with Crippen molar-refractivity contribution in [2.24, 2.45) is 0 Å². The molecule has 1 unspecified atom stereocenters. The van der Waals surface area contributed by atoms with Gasteiger partial charge in [-0.2, -0.15) is 0 Å². The Morgan fingerprint density at radius 2 is 2.57 bits per heavy atom. The second kappa shape index (κ2) is 2.12. The summed E-state index contributed by atoms with van der Waals surface area (Å²) in [5, 5.41) is 0. The molecular weight excluding hydrogens is 88.1 g/mol. The van der Waals surface area contributed by atoms with Gasteiger partial charge in [0.2, 0.25) is 0 Å². The Bertz CT molecular complexity index is 72.2. The molecule has 0 N–H and O–H groups in total. The summed E-state index contributed by atoms with van der Waals surface area (Å²) in [6.45, 7) is 3.01. The summed E-state index contributed by atoms with van der Waals surface area (Å²) in [4.78, 5) is 0. The standard InChI is InChI=1S/C6H10O/c1-2-3-4-6-5-7-6/h2-3,6H,4-5H2,1H3. The largest absolute Gasteiger partial charge is 0.373 e. The van der Waals surface area contributed by atoms with E-state index in [1.807, 2.05) is 6.92 Å². The zero-order valence-corrected chi connectivity index (χ0v) is 4.55. The highest BCUT2D eigenvalue weighted by Crippen LogP contribution is 2.12. The molecule has 1 heterocycles. The highest BCUT2D eigenvalue weighted by molar-refractivity contribution is 4.84. The second-order valence-corrected chi connectivity index (χ2v) is 1.76. The molecule has 1 saturated heterocycles. The minimum atomic E-state index is 0.566. The molecule has 7 heavy (non-hydrogen) atoms. The zero-order valence-electron chi connectivity index (χ0n) is 4.55. The van der Waals surface area contributed by atoms with Gasteiger partial charge in [0.05, 0.1) is 12.7 Å². The second-order valence-electron chi connectivity index (χ2n) is 1.76. The molecule has 0 amide bonds. The lowest BCUT2D eigenvalue weighted by atomic mass is 10.3. The topological polar surface area (TPSA) is 12.5 Å². The summed E-state index contributed by atoms with van der Waals surface area (Å²) in [5.41, 5.74) is 0. The monoisotopic (exact) mass is 98.1 g/mol. The Morgan fingerprint density at radius 3 is 3.00 bits per heavy atom. The van der Waals surface area contributed by atoms with E-state index in [9.17, 15) is 0 Å². The molecular formula is C6H10O. The smallest absolute Gasteiger partial charge is 0.0844 e. The maximum atomic E-state index is 4.96. The first-order valence-corrected chi connectivity index (χ1v) is 2.66. The Hall–Kier alpha value is -0.300. The van der Waals surface area contributed by atoms with E-state index >= 15 is 0 Å². The van der Waals surface area contributed by atoms with Gasteiger partial charge in [0.25, 0.3) is 0 Å². The number of hydrogen-bond donors (Lipinski definition) is 0. The van der Waals surface area contributed by atoms with Crippen LogP contribution in [0.1, 0.15) is 13.3 Å². The van der Waals surface area contributed by atoms with Crippen LogP contribution in [0.2, 0.25) is 0 Å². The molecule has 1 heteroatoms. The lowest BCUT2D eigenvalue weighted by Crippen LogP contribution is -1.76. The quantitative estimate of drug-likeness (QED) is 0.375. The van der Waals surface area contributed by atoms with E-state index in [0.717, 1.165) is 13.0 Å². The van der Waals surface area contributed by atoms with Gasteiger partial charge in [0.15, 0.2) is 0 Å². The summed E-state index contributed by atoms with van der Waals surface area (Å²) < 4.78 is 4.96. The third-order valence-electron chi connectivity index (χ3n) is 1.04. The Kier molecular flexibility index (Phi) is 1.47. The Morgan fingerprint density at radius 1 is 1.86 bits per heavy atom. The molecule has 1 aliphatic heterocycles. The number of rotatable bonds is 2. The van der Waals surface area contributed by atoms with Crippen molar-refractivity contribution >= 4 is 0 Å². The van der Waals surface area contributed by atoms with Crippen LogP contribution in [0.25, 0.3) is 0 Å². The molecule has 0 spiro atoms. The molecule has 0 saturated carbocycles. The van der Waals surface area contributed by atoms with Crippen molar-refractivity contribution in [3.63, 3.8) is 0 Å². The van der Waals surface area contributed by atoms with Crippen LogP contribution in [0.15, 0.2) is 12.2 Å². The SMILES string of the molecule is CC=CCC1CO1. The lowest BCUT2D eigenvalue weighted by Gasteiger charge is -1.77. The molecule has 40 valence electrons. The van der Waals surface area contributed by atoms with E-state index in [2.05, 4.69) is 12.2 Å². The molecule has 1 nitrogen and oxygen atoms in total. The lowest BCUT2D eigenvalue weighted by molar-refractivity contribution is 0.410. The van der Waals surface area contributed by atoms with Gasteiger partial charge < -0.3 is 4.74 Å². The van der Waals surface area contributed by atoms with Crippen molar-refractivity contribution in [3.05, 3.63) is 12.2 Å². The summed E-state index contributed by atoms with van der Waals surface area (Å²) in [6.07, 6.45) is 5.87. The third kappa shape index (κ3) is 1.74.